The van der Waals surface area contributed by atoms with Gasteiger partial charge in [0.1, 0.15) is 11.9 Å². The van der Waals surface area contributed by atoms with Gasteiger partial charge in [0.2, 0.25) is 0 Å². The Labute approximate surface area is 124 Å². The molecule has 116 valence electrons. The first kappa shape index (κ1) is 14.6. The molecule has 0 saturated carbocycles. The van der Waals surface area contributed by atoms with Crippen LogP contribution in [0.5, 0.6) is 0 Å². The van der Waals surface area contributed by atoms with Crippen LogP contribution in [0.25, 0.3) is 0 Å². The smallest absolute Gasteiger partial charge is 0.326 e. The SMILES string of the molecule is O=C(O)C1CCCc2nc(CC3CCCCS3(=O)=O)cn21. The highest BCUT2D eigenvalue weighted by Crippen LogP contribution is 2.27. The number of sulfone groups is 1. The van der Waals surface area contributed by atoms with Crippen LogP contribution in [0.3, 0.4) is 0 Å². The molecule has 0 aliphatic carbocycles. The Hall–Kier alpha value is -1.37. The number of carboxylic acid groups (broad SMARTS) is 1. The number of hydrogen-bond acceptors (Lipinski definition) is 4. The number of fused-ring (bicyclic) bond motifs is 1. The number of carbonyl (C=O) groups is 1. The Balaban J connectivity index is 1.83. The van der Waals surface area contributed by atoms with Crippen LogP contribution >= 0.6 is 0 Å². The van der Waals surface area contributed by atoms with Gasteiger partial charge < -0.3 is 9.67 Å². The highest BCUT2D eigenvalue weighted by molar-refractivity contribution is 7.92. The molecule has 1 fully saturated rings. The van der Waals surface area contributed by atoms with E-state index in [0.717, 1.165) is 31.5 Å². The van der Waals surface area contributed by atoms with Gasteiger partial charge in [-0.3, -0.25) is 0 Å². The third kappa shape index (κ3) is 2.84. The molecular weight excluding hydrogens is 292 g/mol. The molecule has 0 aromatic carbocycles. The Morgan fingerprint density at radius 3 is 2.86 bits per heavy atom. The summed E-state index contributed by atoms with van der Waals surface area (Å²) in [7, 11) is -3.02. The average molecular weight is 312 g/mol. The first-order valence-electron chi connectivity index (χ1n) is 7.48. The van der Waals surface area contributed by atoms with E-state index in [2.05, 4.69) is 4.98 Å². The molecule has 6 nitrogen and oxygen atoms in total. The molecule has 2 unspecified atom stereocenters. The Morgan fingerprint density at radius 2 is 2.14 bits per heavy atom. The van der Waals surface area contributed by atoms with Crippen LogP contribution in [-0.2, 0) is 27.5 Å². The molecule has 2 aliphatic rings. The van der Waals surface area contributed by atoms with E-state index in [4.69, 9.17) is 0 Å². The van der Waals surface area contributed by atoms with Crippen LogP contribution in [0.4, 0.5) is 0 Å². The topological polar surface area (TPSA) is 89.3 Å². The van der Waals surface area contributed by atoms with Crippen molar-refractivity contribution in [2.24, 2.45) is 0 Å². The molecule has 0 spiro atoms. The minimum absolute atomic E-state index is 0.267. The molecule has 0 radical (unpaired) electrons. The van der Waals surface area contributed by atoms with Gasteiger partial charge in [0.25, 0.3) is 0 Å². The maximum atomic E-state index is 12.1. The Kier molecular flexibility index (Phi) is 3.77. The second kappa shape index (κ2) is 5.44. The van der Waals surface area contributed by atoms with E-state index >= 15 is 0 Å². The van der Waals surface area contributed by atoms with Crippen LogP contribution in [0, 0.1) is 0 Å². The molecule has 0 amide bonds. The van der Waals surface area contributed by atoms with Crippen molar-refractivity contribution < 1.29 is 18.3 Å². The van der Waals surface area contributed by atoms with Crippen molar-refractivity contribution in [3.8, 4) is 0 Å². The molecule has 0 bridgehead atoms. The van der Waals surface area contributed by atoms with E-state index < -0.39 is 21.8 Å². The van der Waals surface area contributed by atoms with Crippen molar-refractivity contribution in [2.75, 3.05) is 5.75 Å². The summed E-state index contributed by atoms with van der Waals surface area (Å²) in [5.41, 5.74) is 0.716. The fourth-order valence-corrected chi connectivity index (χ4v) is 5.25. The van der Waals surface area contributed by atoms with Crippen LogP contribution in [0.15, 0.2) is 6.20 Å². The van der Waals surface area contributed by atoms with E-state index in [0.29, 0.717) is 25.0 Å². The number of hydrogen-bond donors (Lipinski definition) is 1. The lowest BCUT2D eigenvalue weighted by Gasteiger charge is -2.21. The molecule has 21 heavy (non-hydrogen) atoms. The van der Waals surface area contributed by atoms with E-state index in [9.17, 15) is 18.3 Å². The maximum Gasteiger partial charge on any atom is 0.326 e. The summed E-state index contributed by atoms with van der Waals surface area (Å²) in [6.07, 6.45) is 6.73. The summed E-state index contributed by atoms with van der Waals surface area (Å²) < 4.78 is 25.9. The summed E-state index contributed by atoms with van der Waals surface area (Å²) in [4.78, 5) is 15.8. The van der Waals surface area contributed by atoms with Crippen molar-refractivity contribution in [1.82, 2.24) is 9.55 Å². The van der Waals surface area contributed by atoms with E-state index in [1.54, 1.807) is 10.8 Å². The molecule has 1 aromatic rings. The fraction of sp³-hybridized carbons (Fsp3) is 0.714. The van der Waals surface area contributed by atoms with E-state index in [1.165, 1.54) is 0 Å². The molecule has 1 N–H and O–H groups in total. The highest BCUT2D eigenvalue weighted by atomic mass is 32.2. The second-order valence-corrected chi connectivity index (χ2v) is 8.39. The normalized spacial score (nSPS) is 28.0. The highest BCUT2D eigenvalue weighted by Gasteiger charge is 2.31. The Bertz CT molecular complexity index is 650. The van der Waals surface area contributed by atoms with Crippen molar-refractivity contribution in [1.29, 1.82) is 0 Å². The minimum atomic E-state index is -3.02. The average Bonchev–Trinajstić information content (AvgIpc) is 2.83. The molecule has 3 rings (SSSR count). The third-order valence-corrected chi connectivity index (χ3v) is 6.78. The molecule has 7 heteroatoms. The summed E-state index contributed by atoms with van der Waals surface area (Å²) in [6, 6.07) is -0.557. The van der Waals surface area contributed by atoms with Crippen molar-refractivity contribution in [2.45, 2.75) is 56.2 Å². The van der Waals surface area contributed by atoms with E-state index in [1.807, 2.05) is 0 Å². The molecule has 2 atom stereocenters. The summed E-state index contributed by atoms with van der Waals surface area (Å²) >= 11 is 0. The zero-order valence-corrected chi connectivity index (χ0v) is 12.7. The second-order valence-electron chi connectivity index (χ2n) is 5.99. The van der Waals surface area contributed by atoms with E-state index in [-0.39, 0.29) is 11.0 Å². The number of nitrogens with zero attached hydrogens (tertiary/aromatic N) is 2. The van der Waals surface area contributed by atoms with Crippen molar-refractivity contribution in [3.63, 3.8) is 0 Å². The number of aryl methyl sites for hydroxylation is 1. The minimum Gasteiger partial charge on any atom is -0.480 e. The number of rotatable bonds is 3. The molecule has 1 aromatic heterocycles. The van der Waals surface area contributed by atoms with Crippen molar-refractivity contribution >= 4 is 15.8 Å². The van der Waals surface area contributed by atoms with Gasteiger partial charge in [0, 0.05) is 19.0 Å². The van der Waals surface area contributed by atoms with Crippen LogP contribution in [0.1, 0.15) is 49.7 Å². The van der Waals surface area contributed by atoms with Gasteiger partial charge in [0.15, 0.2) is 9.84 Å². The van der Waals surface area contributed by atoms with Gasteiger partial charge in [-0.1, -0.05) is 6.42 Å². The predicted octanol–water partition coefficient (Wildman–Crippen LogP) is 1.35. The van der Waals surface area contributed by atoms with Crippen LogP contribution in [0.2, 0.25) is 0 Å². The lowest BCUT2D eigenvalue weighted by Crippen LogP contribution is -2.30. The fourth-order valence-electron chi connectivity index (χ4n) is 3.36. The number of aliphatic carboxylic acids is 1. The molecule has 2 aliphatic heterocycles. The Morgan fingerprint density at radius 1 is 1.33 bits per heavy atom. The molecule has 1 saturated heterocycles. The summed E-state index contributed by atoms with van der Waals surface area (Å²) in [5.74, 6) is 0.199. The quantitative estimate of drug-likeness (QED) is 0.910. The first-order chi connectivity index (χ1) is 9.97. The van der Waals surface area contributed by atoms with Gasteiger partial charge in [-0.05, 0) is 25.7 Å². The number of imidazole rings is 1. The summed E-state index contributed by atoms with van der Waals surface area (Å²) in [5, 5.41) is 8.90. The lowest BCUT2D eigenvalue weighted by molar-refractivity contribution is -0.141. The van der Waals surface area contributed by atoms with Crippen LogP contribution in [-0.4, -0.2) is 40.0 Å². The number of carboxylic acids is 1. The largest absolute Gasteiger partial charge is 0.480 e. The van der Waals surface area contributed by atoms with Gasteiger partial charge in [-0.25, -0.2) is 18.2 Å². The predicted molar refractivity (Wildman–Crippen MR) is 77.0 cm³/mol. The standard InChI is InChI=1S/C14H20N2O4S/c17-14(18)12-5-3-6-13-15-10(9-16(12)13)8-11-4-1-2-7-21(11,19)20/h9,11-12H,1-8H2,(H,17,18). The molecular formula is C14H20N2O4S. The zero-order valence-electron chi connectivity index (χ0n) is 11.9. The van der Waals surface area contributed by atoms with Crippen molar-refractivity contribution in [3.05, 3.63) is 17.7 Å². The lowest BCUT2D eigenvalue weighted by atomic mass is 10.1. The monoisotopic (exact) mass is 312 g/mol. The zero-order chi connectivity index (χ0) is 15.0. The number of aromatic nitrogens is 2. The van der Waals surface area contributed by atoms with Gasteiger partial charge in [-0.2, -0.15) is 0 Å². The van der Waals surface area contributed by atoms with Gasteiger partial charge >= 0.3 is 5.97 Å². The summed E-state index contributed by atoms with van der Waals surface area (Å²) in [6.45, 7) is 0. The maximum absolute atomic E-state index is 12.1. The first-order valence-corrected chi connectivity index (χ1v) is 9.20. The van der Waals surface area contributed by atoms with Gasteiger partial charge in [-0.15, -0.1) is 0 Å². The van der Waals surface area contributed by atoms with Gasteiger partial charge in [0.05, 0.1) is 16.7 Å². The third-order valence-electron chi connectivity index (χ3n) is 4.51. The molecule has 3 heterocycles. The van der Waals surface area contributed by atoms with Crippen LogP contribution < -0.4 is 0 Å².